The predicted octanol–water partition coefficient (Wildman–Crippen LogP) is 1.97. The fourth-order valence-corrected chi connectivity index (χ4v) is 3.19. The van der Waals surface area contributed by atoms with Gasteiger partial charge in [-0.1, -0.05) is 6.07 Å². The number of hydrogen-bond acceptors (Lipinski definition) is 3. The molecule has 6 heteroatoms. The summed E-state index contributed by atoms with van der Waals surface area (Å²) in [7, 11) is 0. The number of piperidine rings is 1. The van der Waals surface area contributed by atoms with Crippen molar-refractivity contribution < 1.29 is 4.79 Å². The monoisotopic (exact) mass is 331 g/mol. The average Bonchev–Trinajstić information content (AvgIpc) is 3.14. The third kappa shape index (κ3) is 4.31. The number of pyridine rings is 1. The standard InChI is InChI=1S/C15H21N3O.2ClH/c19-14(13-10-15(13)4-8-16-9-5-15)18-7-3-12-2-1-6-17-11-12;;/h1-2,6,11,13,16H,3-5,7-10H2,(H,18,19);2*1H. The number of rotatable bonds is 4. The van der Waals surface area contributed by atoms with Crippen molar-refractivity contribution in [2.24, 2.45) is 11.3 Å². The Bertz CT molecular complexity index is 449. The van der Waals surface area contributed by atoms with Crippen molar-refractivity contribution in [3.05, 3.63) is 30.1 Å². The van der Waals surface area contributed by atoms with Crippen molar-refractivity contribution in [2.75, 3.05) is 19.6 Å². The number of carbonyl (C=O) groups excluding carboxylic acids is 1. The van der Waals surface area contributed by atoms with Crippen LogP contribution in [0.15, 0.2) is 24.5 Å². The number of nitrogens with zero attached hydrogens (tertiary/aromatic N) is 1. The summed E-state index contributed by atoms with van der Waals surface area (Å²) in [5.41, 5.74) is 1.51. The van der Waals surface area contributed by atoms with Crippen LogP contribution in [0.5, 0.6) is 0 Å². The number of carbonyl (C=O) groups is 1. The molecule has 2 aliphatic rings. The van der Waals surface area contributed by atoms with E-state index in [1.807, 2.05) is 18.3 Å². The first-order valence-electron chi connectivity index (χ1n) is 7.18. The van der Waals surface area contributed by atoms with E-state index >= 15 is 0 Å². The quantitative estimate of drug-likeness (QED) is 0.886. The fraction of sp³-hybridized carbons (Fsp3) is 0.600. The average molecular weight is 332 g/mol. The Morgan fingerprint density at radius 3 is 2.81 bits per heavy atom. The second-order valence-corrected chi connectivity index (χ2v) is 5.77. The van der Waals surface area contributed by atoms with Crippen molar-refractivity contribution in [3.8, 4) is 0 Å². The molecule has 0 radical (unpaired) electrons. The Morgan fingerprint density at radius 1 is 1.38 bits per heavy atom. The van der Waals surface area contributed by atoms with Crippen LogP contribution < -0.4 is 10.6 Å². The van der Waals surface area contributed by atoms with Crippen LogP contribution in [0.1, 0.15) is 24.8 Å². The SMILES string of the molecule is Cl.Cl.O=C(NCCc1cccnc1)C1CC12CCNCC2. The first-order chi connectivity index (χ1) is 9.30. The molecule has 1 saturated heterocycles. The van der Waals surface area contributed by atoms with Gasteiger partial charge in [-0.05, 0) is 55.8 Å². The number of aromatic nitrogens is 1. The van der Waals surface area contributed by atoms with E-state index in [1.165, 1.54) is 5.56 Å². The first kappa shape index (κ1) is 18.2. The second kappa shape index (κ2) is 7.97. The lowest BCUT2D eigenvalue weighted by atomic mass is 9.92. The molecule has 21 heavy (non-hydrogen) atoms. The Kier molecular flexibility index (Phi) is 6.91. The van der Waals surface area contributed by atoms with Gasteiger partial charge < -0.3 is 10.6 Å². The van der Waals surface area contributed by atoms with Gasteiger partial charge in [0.15, 0.2) is 0 Å². The Morgan fingerprint density at radius 2 is 2.14 bits per heavy atom. The van der Waals surface area contributed by atoms with E-state index in [0.29, 0.717) is 5.41 Å². The van der Waals surface area contributed by atoms with Gasteiger partial charge in [0.25, 0.3) is 0 Å². The van der Waals surface area contributed by atoms with Crippen molar-refractivity contribution in [1.29, 1.82) is 0 Å². The molecular formula is C15H23Cl2N3O. The van der Waals surface area contributed by atoms with Crippen LogP contribution in [0, 0.1) is 11.3 Å². The maximum atomic E-state index is 12.1. The normalized spacial score (nSPS) is 21.8. The second-order valence-electron chi connectivity index (χ2n) is 5.77. The van der Waals surface area contributed by atoms with Crippen LogP contribution in [0.3, 0.4) is 0 Å². The molecule has 1 amide bonds. The number of halogens is 2. The zero-order valence-corrected chi connectivity index (χ0v) is 13.6. The van der Waals surface area contributed by atoms with Crippen LogP contribution >= 0.6 is 24.8 Å². The van der Waals surface area contributed by atoms with Gasteiger partial charge in [-0.3, -0.25) is 9.78 Å². The molecule has 1 aliphatic heterocycles. The smallest absolute Gasteiger partial charge is 0.223 e. The molecule has 2 heterocycles. The summed E-state index contributed by atoms with van der Waals surface area (Å²) < 4.78 is 0. The molecule has 0 aromatic carbocycles. The van der Waals surface area contributed by atoms with Gasteiger partial charge in [-0.15, -0.1) is 24.8 Å². The van der Waals surface area contributed by atoms with Crippen molar-refractivity contribution in [1.82, 2.24) is 15.6 Å². The molecular weight excluding hydrogens is 309 g/mol. The summed E-state index contributed by atoms with van der Waals surface area (Å²) in [6, 6.07) is 3.98. The molecule has 118 valence electrons. The lowest BCUT2D eigenvalue weighted by Gasteiger charge is -2.23. The van der Waals surface area contributed by atoms with Gasteiger partial charge in [0, 0.05) is 24.9 Å². The van der Waals surface area contributed by atoms with Crippen LogP contribution in [0.4, 0.5) is 0 Å². The molecule has 3 rings (SSSR count). The topological polar surface area (TPSA) is 54.0 Å². The van der Waals surface area contributed by atoms with Crippen LogP contribution in [0.2, 0.25) is 0 Å². The molecule has 1 aromatic rings. The molecule has 0 bridgehead atoms. The Hall–Kier alpha value is -0.840. The lowest BCUT2D eigenvalue weighted by molar-refractivity contribution is -0.123. The molecule has 1 aliphatic carbocycles. The van der Waals surface area contributed by atoms with Crippen LogP contribution in [-0.2, 0) is 11.2 Å². The van der Waals surface area contributed by atoms with Crippen LogP contribution in [0.25, 0.3) is 0 Å². The van der Waals surface area contributed by atoms with Crippen LogP contribution in [-0.4, -0.2) is 30.5 Å². The summed E-state index contributed by atoms with van der Waals surface area (Å²) in [6.45, 7) is 2.86. The van der Waals surface area contributed by atoms with Gasteiger partial charge in [-0.2, -0.15) is 0 Å². The van der Waals surface area contributed by atoms with E-state index in [-0.39, 0.29) is 36.6 Å². The molecule has 1 spiro atoms. The van der Waals surface area contributed by atoms with E-state index in [4.69, 9.17) is 0 Å². The third-order valence-corrected chi connectivity index (χ3v) is 4.54. The third-order valence-electron chi connectivity index (χ3n) is 4.54. The first-order valence-corrected chi connectivity index (χ1v) is 7.18. The Balaban J connectivity index is 0.00000110. The molecule has 1 atom stereocenters. The zero-order chi connectivity index (χ0) is 13.1. The van der Waals surface area contributed by atoms with Gasteiger partial charge in [0.05, 0.1) is 0 Å². The van der Waals surface area contributed by atoms with E-state index in [1.54, 1.807) is 6.20 Å². The largest absolute Gasteiger partial charge is 0.356 e. The van der Waals surface area contributed by atoms with E-state index in [2.05, 4.69) is 15.6 Å². The number of hydrogen-bond donors (Lipinski definition) is 2. The molecule has 4 nitrogen and oxygen atoms in total. The summed E-state index contributed by atoms with van der Waals surface area (Å²) in [5.74, 6) is 0.522. The molecule has 2 fully saturated rings. The van der Waals surface area contributed by atoms with Crippen molar-refractivity contribution in [3.63, 3.8) is 0 Å². The van der Waals surface area contributed by atoms with E-state index in [0.717, 1.165) is 45.3 Å². The van der Waals surface area contributed by atoms with Gasteiger partial charge >= 0.3 is 0 Å². The molecule has 1 saturated carbocycles. The maximum absolute atomic E-state index is 12.1. The number of nitrogens with one attached hydrogen (secondary N) is 2. The van der Waals surface area contributed by atoms with Crippen molar-refractivity contribution in [2.45, 2.75) is 25.7 Å². The molecule has 2 N–H and O–H groups in total. The highest BCUT2D eigenvalue weighted by molar-refractivity contribution is 5.85. The summed E-state index contributed by atoms with van der Waals surface area (Å²) in [5, 5.41) is 6.44. The van der Waals surface area contributed by atoms with E-state index < -0.39 is 0 Å². The van der Waals surface area contributed by atoms with Gasteiger partial charge in [0.1, 0.15) is 0 Å². The van der Waals surface area contributed by atoms with Gasteiger partial charge in [-0.25, -0.2) is 0 Å². The fourth-order valence-electron chi connectivity index (χ4n) is 3.19. The number of amides is 1. The summed E-state index contributed by atoms with van der Waals surface area (Å²) >= 11 is 0. The summed E-state index contributed by atoms with van der Waals surface area (Å²) in [4.78, 5) is 16.2. The highest BCUT2D eigenvalue weighted by Crippen LogP contribution is 2.58. The highest BCUT2D eigenvalue weighted by Gasteiger charge is 2.57. The van der Waals surface area contributed by atoms with Gasteiger partial charge in [0.2, 0.25) is 5.91 Å². The predicted molar refractivity (Wildman–Crippen MR) is 88.1 cm³/mol. The molecule has 1 aromatic heterocycles. The van der Waals surface area contributed by atoms with Crippen molar-refractivity contribution >= 4 is 30.7 Å². The minimum atomic E-state index is 0. The lowest BCUT2D eigenvalue weighted by Crippen LogP contribution is -2.34. The molecule has 1 unspecified atom stereocenters. The maximum Gasteiger partial charge on any atom is 0.223 e. The zero-order valence-electron chi connectivity index (χ0n) is 12.0. The van der Waals surface area contributed by atoms with E-state index in [9.17, 15) is 4.79 Å². The summed E-state index contributed by atoms with van der Waals surface area (Å²) in [6.07, 6.45) is 7.90. The highest BCUT2D eigenvalue weighted by atomic mass is 35.5. The Labute approximate surface area is 138 Å². The minimum Gasteiger partial charge on any atom is -0.356 e. The minimum absolute atomic E-state index is 0.